The summed E-state index contributed by atoms with van der Waals surface area (Å²) in [5, 5.41) is 11.4. The molecule has 0 aliphatic rings. The van der Waals surface area contributed by atoms with Gasteiger partial charge in [-0.05, 0) is 20.3 Å². The lowest BCUT2D eigenvalue weighted by Crippen LogP contribution is -2.40. The first kappa shape index (κ1) is 14.7. The molecule has 4 heteroatoms. The monoisotopic (exact) mass is 227 g/mol. The number of carbonyl (C=O) groups excluding carboxylic acids is 1. The number of nitrogens with one attached hydrogen (secondary N) is 1. The quantitative estimate of drug-likeness (QED) is 0.517. The molecule has 0 saturated carbocycles. The van der Waals surface area contributed by atoms with Crippen LogP contribution in [-0.4, -0.2) is 23.0 Å². The zero-order valence-electron chi connectivity index (χ0n) is 10.2. The Hall–Kier alpha value is -1.32. The second-order valence-corrected chi connectivity index (χ2v) is 4.12. The Bertz CT molecular complexity index is 267. The third kappa shape index (κ3) is 7.04. The molecule has 1 amide bonds. The van der Waals surface area contributed by atoms with Crippen molar-refractivity contribution in [3.05, 3.63) is 11.6 Å². The first-order valence-corrected chi connectivity index (χ1v) is 5.65. The summed E-state index contributed by atoms with van der Waals surface area (Å²) in [5.74, 6) is -1.30. The number of rotatable bonds is 7. The maximum atomic E-state index is 11.4. The van der Waals surface area contributed by atoms with Crippen molar-refractivity contribution in [1.29, 1.82) is 0 Å². The van der Waals surface area contributed by atoms with E-state index in [0.29, 0.717) is 6.42 Å². The predicted octanol–water partition coefficient (Wildman–Crippen LogP) is 2.10. The Labute approximate surface area is 96.7 Å². The summed E-state index contributed by atoms with van der Waals surface area (Å²) < 4.78 is 0. The Kier molecular flexibility index (Phi) is 7.25. The fourth-order valence-corrected chi connectivity index (χ4v) is 1.33. The molecular weight excluding hydrogens is 206 g/mol. The van der Waals surface area contributed by atoms with E-state index in [-0.39, 0.29) is 5.91 Å². The highest BCUT2D eigenvalue weighted by molar-refractivity contribution is 5.91. The number of aliphatic carboxylic acids is 1. The minimum Gasteiger partial charge on any atom is -0.480 e. The highest BCUT2D eigenvalue weighted by atomic mass is 16.4. The van der Waals surface area contributed by atoms with Gasteiger partial charge in [-0.15, -0.1) is 0 Å². The molecule has 0 unspecified atom stereocenters. The summed E-state index contributed by atoms with van der Waals surface area (Å²) in [6.45, 7) is 5.65. The molecule has 4 nitrogen and oxygen atoms in total. The molecule has 0 aromatic carbocycles. The zero-order chi connectivity index (χ0) is 12.6. The molecule has 0 rings (SSSR count). The van der Waals surface area contributed by atoms with E-state index >= 15 is 0 Å². The molecule has 0 spiro atoms. The molecule has 16 heavy (non-hydrogen) atoms. The average Bonchev–Trinajstić information content (AvgIpc) is 2.15. The lowest BCUT2D eigenvalue weighted by Gasteiger charge is -2.12. The number of hydrogen-bond donors (Lipinski definition) is 2. The number of hydrogen-bond acceptors (Lipinski definition) is 2. The smallest absolute Gasteiger partial charge is 0.326 e. The average molecular weight is 227 g/mol. The molecule has 0 bridgehead atoms. The van der Waals surface area contributed by atoms with Crippen molar-refractivity contribution in [3.8, 4) is 0 Å². The Balaban J connectivity index is 4.18. The van der Waals surface area contributed by atoms with Gasteiger partial charge in [0.05, 0.1) is 0 Å². The van der Waals surface area contributed by atoms with Gasteiger partial charge in [-0.25, -0.2) is 4.79 Å². The third-order valence-corrected chi connectivity index (χ3v) is 2.13. The van der Waals surface area contributed by atoms with Gasteiger partial charge in [-0.3, -0.25) is 4.79 Å². The molecule has 2 N–H and O–H groups in total. The van der Waals surface area contributed by atoms with Gasteiger partial charge in [0, 0.05) is 6.08 Å². The highest BCUT2D eigenvalue weighted by Gasteiger charge is 2.17. The minimum absolute atomic E-state index is 0.330. The summed E-state index contributed by atoms with van der Waals surface area (Å²) >= 11 is 0. The van der Waals surface area contributed by atoms with E-state index in [1.165, 1.54) is 6.08 Å². The Morgan fingerprint density at radius 3 is 2.38 bits per heavy atom. The fourth-order valence-electron chi connectivity index (χ4n) is 1.33. The summed E-state index contributed by atoms with van der Waals surface area (Å²) in [6.07, 6.45) is 4.75. The summed E-state index contributed by atoms with van der Waals surface area (Å²) in [5.41, 5.74) is 0.857. The largest absolute Gasteiger partial charge is 0.480 e. The standard InChI is InChI=1S/C12H21NO3/c1-4-5-6-7-10(12(15)16)13-11(14)8-9(2)3/h8,10H,4-7H2,1-3H3,(H,13,14)(H,15,16)/t10-/m1/s1. The van der Waals surface area contributed by atoms with E-state index in [2.05, 4.69) is 12.2 Å². The van der Waals surface area contributed by atoms with Crippen LogP contribution in [-0.2, 0) is 9.59 Å². The number of amides is 1. The van der Waals surface area contributed by atoms with Crippen molar-refractivity contribution >= 4 is 11.9 Å². The van der Waals surface area contributed by atoms with Crippen LogP contribution >= 0.6 is 0 Å². The van der Waals surface area contributed by atoms with Gasteiger partial charge < -0.3 is 10.4 Å². The topological polar surface area (TPSA) is 66.4 Å². The van der Waals surface area contributed by atoms with Crippen LogP contribution in [0.25, 0.3) is 0 Å². The van der Waals surface area contributed by atoms with E-state index < -0.39 is 12.0 Å². The van der Waals surface area contributed by atoms with Crippen LogP contribution in [0, 0.1) is 0 Å². The molecule has 92 valence electrons. The van der Waals surface area contributed by atoms with Gasteiger partial charge >= 0.3 is 5.97 Å². The van der Waals surface area contributed by atoms with E-state index in [9.17, 15) is 9.59 Å². The molecule has 0 saturated heterocycles. The number of carboxylic acids is 1. The molecule has 1 atom stereocenters. The molecule has 0 aliphatic carbocycles. The summed E-state index contributed by atoms with van der Waals surface area (Å²) in [4.78, 5) is 22.2. The van der Waals surface area contributed by atoms with E-state index in [0.717, 1.165) is 24.8 Å². The minimum atomic E-state index is -0.966. The van der Waals surface area contributed by atoms with Gasteiger partial charge in [0.1, 0.15) is 6.04 Å². The first-order valence-electron chi connectivity index (χ1n) is 5.65. The van der Waals surface area contributed by atoms with Crippen LogP contribution in [0.2, 0.25) is 0 Å². The Morgan fingerprint density at radius 1 is 1.31 bits per heavy atom. The summed E-state index contributed by atoms with van der Waals surface area (Å²) in [7, 11) is 0. The first-order chi connectivity index (χ1) is 7.47. The van der Waals surface area contributed by atoms with E-state index in [1.54, 1.807) is 13.8 Å². The Morgan fingerprint density at radius 2 is 1.94 bits per heavy atom. The van der Waals surface area contributed by atoms with Gasteiger partial charge in [0.25, 0.3) is 0 Å². The molecule has 0 aliphatic heterocycles. The van der Waals surface area contributed by atoms with Crippen LogP contribution in [0.1, 0.15) is 46.5 Å². The van der Waals surface area contributed by atoms with Crippen LogP contribution in [0.4, 0.5) is 0 Å². The number of unbranched alkanes of at least 4 members (excludes halogenated alkanes) is 2. The lowest BCUT2D eigenvalue weighted by atomic mass is 10.1. The molecule has 0 fully saturated rings. The molecular formula is C12H21NO3. The van der Waals surface area contributed by atoms with Gasteiger partial charge in [-0.2, -0.15) is 0 Å². The van der Waals surface area contributed by atoms with E-state index in [4.69, 9.17) is 5.11 Å². The maximum Gasteiger partial charge on any atom is 0.326 e. The second kappa shape index (κ2) is 7.91. The lowest BCUT2D eigenvalue weighted by molar-refractivity contribution is -0.141. The number of carboxylic acid groups (broad SMARTS) is 1. The third-order valence-electron chi connectivity index (χ3n) is 2.13. The van der Waals surface area contributed by atoms with Crippen molar-refractivity contribution in [1.82, 2.24) is 5.32 Å². The molecule has 0 radical (unpaired) electrons. The van der Waals surface area contributed by atoms with Gasteiger partial charge in [0.15, 0.2) is 0 Å². The van der Waals surface area contributed by atoms with E-state index in [1.807, 2.05) is 0 Å². The van der Waals surface area contributed by atoms with Gasteiger partial charge in [0.2, 0.25) is 5.91 Å². The normalized spacial score (nSPS) is 11.7. The molecule has 0 aromatic heterocycles. The van der Waals surface area contributed by atoms with Crippen LogP contribution in [0.15, 0.2) is 11.6 Å². The number of carbonyl (C=O) groups is 2. The van der Waals surface area contributed by atoms with Gasteiger partial charge in [-0.1, -0.05) is 31.8 Å². The molecule has 0 heterocycles. The zero-order valence-corrected chi connectivity index (χ0v) is 10.2. The van der Waals surface area contributed by atoms with Crippen molar-refractivity contribution in [2.75, 3.05) is 0 Å². The van der Waals surface area contributed by atoms with Crippen molar-refractivity contribution in [2.24, 2.45) is 0 Å². The van der Waals surface area contributed by atoms with Crippen LogP contribution in [0.5, 0.6) is 0 Å². The maximum absolute atomic E-state index is 11.4. The second-order valence-electron chi connectivity index (χ2n) is 4.12. The van der Waals surface area contributed by atoms with Crippen LogP contribution in [0.3, 0.4) is 0 Å². The van der Waals surface area contributed by atoms with Crippen molar-refractivity contribution in [3.63, 3.8) is 0 Å². The van der Waals surface area contributed by atoms with Crippen molar-refractivity contribution < 1.29 is 14.7 Å². The summed E-state index contributed by atoms with van der Waals surface area (Å²) in [6, 6.07) is -0.769. The predicted molar refractivity (Wildman–Crippen MR) is 63.1 cm³/mol. The van der Waals surface area contributed by atoms with Crippen molar-refractivity contribution in [2.45, 2.75) is 52.5 Å². The molecule has 0 aromatic rings. The highest BCUT2D eigenvalue weighted by Crippen LogP contribution is 2.04. The fraction of sp³-hybridized carbons (Fsp3) is 0.667. The SMILES string of the molecule is CCCCC[C@@H](NC(=O)C=C(C)C)C(=O)O. The van der Waals surface area contributed by atoms with Crippen LogP contribution < -0.4 is 5.32 Å². The number of allylic oxidation sites excluding steroid dienone is 1.